The van der Waals surface area contributed by atoms with Crippen molar-refractivity contribution in [1.82, 2.24) is 4.57 Å². The molecule has 0 spiro atoms. The standard InChI is InChI=1S/C15H22N2O2/c1-5-17-12-7-6-10(8-13(12)19-14(17)18)11(16)9-15(2,3)4/h6-8,11H,5,9,16H2,1-4H3. The second kappa shape index (κ2) is 4.85. The lowest BCUT2D eigenvalue weighted by molar-refractivity contribution is 0.343. The minimum Gasteiger partial charge on any atom is -0.408 e. The van der Waals surface area contributed by atoms with Gasteiger partial charge < -0.3 is 10.2 Å². The number of nitrogens with zero attached hydrogens (tertiary/aromatic N) is 1. The Morgan fingerprint density at radius 2 is 2.05 bits per heavy atom. The van der Waals surface area contributed by atoms with Crippen LogP contribution in [0.25, 0.3) is 11.1 Å². The fourth-order valence-electron chi connectivity index (χ4n) is 2.39. The molecule has 0 fully saturated rings. The van der Waals surface area contributed by atoms with Gasteiger partial charge in [0.2, 0.25) is 0 Å². The quantitative estimate of drug-likeness (QED) is 0.924. The molecule has 1 atom stereocenters. The van der Waals surface area contributed by atoms with Crippen molar-refractivity contribution in [3.05, 3.63) is 34.3 Å². The molecule has 0 radical (unpaired) electrons. The topological polar surface area (TPSA) is 61.2 Å². The molecule has 1 heterocycles. The summed E-state index contributed by atoms with van der Waals surface area (Å²) in [5, 5.41) is 0. The monoisotopic (exact) mass is 262 g/mol. The number of benzene rings is 1. The zero-order valence-corrected chi connectivity index (χ0v) is 12.1. The molecule has 0 amide bonds. The Morgan fingerprint density at radius 3 is 2.63 bits per heavy atom. The summed E-state index contributed by atoms with van der Waals surface area (Å²) in [6, 6.07) is 5.75. The van der Waals surface area contributed by atoms with Gasteiger partial charge in [-0.1, -0.05) is 26.8 Å². The third-order valence-electron chi connectivity index (χ3n) is 3.27. The summed E-state index contributed by atoms with van der Waals surface area (Å²) in [5.41, 5.74) is 8.86. The molecule has 0 aliphatic heterocycles. The van der Waals surface area contributed by atoms with Gasteiger partial charge in [-0.3, -0.25) is 4.57 Å². The van der Waals surface area contributed by atoms with Gasteiger partial charge in [0, 0.05) is 12.6 Å². The van der Waals surface area contributed by atoms with Crippen LogP contribution in [0, 0.1) is 5.41 Å². The molecule has 0 bridgehead atoms. The zero-order valence-electron chi connectivity index (χ0n) is 12.1. The average Bonchev–Trinajstić information content (AvgIpc) is 2.60. The van der Waals surface area contributed by atoms with Crippen LogP contribution in [-0.2, 0) is 6.54 Å². The van der Waals surface area contributed by atoms with E-state index in [4.69, 9.17) is 10.2 Å². The third-order valence-corrected chi connectivity index (χ3v) is 3.27. The Hall–Kier alpha value is -1.55. The number of oxazole rings is 1. The third kappa shape index (κ3) is 2.89. The lowest BCUT2D eigenvalue weighted by Crippen LogP contribution is -2.18. The maximum atomic E-state index is 11.6. The van der Waals surface area contributed by atoms with Crippen molar-refractivity contribution in [1.29, 1.82) is 0 Å². The summed E-state index contributed by atoms with van der Waals surface area (Å²) < 4.78 is 6.88. The van der Waals surface area contributed by atoms with Gasteiger partial charge in [-0.25, -0.2) is 4.79 Å². The van der Waals surface area contributed by atoms with Gasteiger partial charge in [-0.2, -0.15) is 0 Å². The molecule has 0 aliphatic carbocycles. The van der Waals surface area contributed by atoms with Crippen molar-refractivity contribution in [2.75, 3.05) is 0 Å². The molecule has 0 saturated heterocycles. The SMILES string of the molecule is CCn1c(=O)oc2cc(C(N)CC(C)(C)C)ccc21. The first-order chi connectivity index (χ1) is 8.81. The second-order valence-electron chi connectivity index (χ2n) is 6.21. The van der Waals surface area contributed by atoms with E-state index in [1.54, 1.807) is 4.57 Å². The Kier molecular flexibility index (Phi) is 3.54. The summed E-state index contributed by atoms with van der Waals surface area (Å²) in [4.78, 5) is 11.6. The molecule has 2 N–H and O–H groups in total. The molecule has 1 aromatic carbocycles. The van der Waals surface area contributed by atoms with Gasteiger partial charge in [-0.15, -0.1) is 0 Å². The number of hydrogen-bond donors (Lipinski definition) is 1. The number of fused-ring (bicyclic) bond motifs is 1. The molecular formula is C15H22N2O2. The first-order valence-electron chi connectivity index (χ1n) is 6.70. The fraction of sp³-hybridized carbons (Fsp3) is 0.533. The van der Waals surface area contributed by atoms with E-state index in [0.29, 0.717) is 12.1 Å². The summed E-state index contributed by atoms with van der Waals surface area (Å²) in [5.74, 6) is -0.306. The maximum Gasteiger partial charge on any atom is 0.419 e. The van der Waals surface area contributed by atoms with Crippen molar-refractivity contribution < 1.29 is 4.42 Å². The van der Waals surface area contributed by atoms with Gasteiger partial charge in [-0.05, 0) is 36.5 Å². The fourth-order valence-corrected chi connectivity index (χ4v) is 2.39. The highest BCUT2D eigenvalue weighted by Gasteiger charge is 2.18. The zero-order chi connectivity index (χ0) is 14.2. The summed E-state index contributed by atoms with van der Waals surface area (Å²) in [7, 11) is 0. The van der Waals surface area contributed by atoms with Gasteiger partial charge in [0.15, 0.2) is 5.58 Å². The van der Waals surface area contributed by atoms with Crippen molar-refractivity contribution >= 4 is 11.1 Å². The predicted octanol–water partition coefficient (Wildman–Crippen LogP) is 3.05. The number of nitrogens with two attached hydrogens (primary N) is 1. The normalized spacial score (nSPS) is 13.9. The average molecular weight is 262 g/mol. The summed E-state index contributed by atoms with van der Waals surface area (Å²) in [6.45, 7) is 9.03. The summed E-state index contributed by atoms with van der Waals surface area (Å²) in [6.07, 6.45) is 0.886. The van der Waals surface area contributed by atoms with Gasteiger partial charge in [0.05, 0.1) is 5.52 Å². The van der Waals surface area contributed by atoms with Crippen LogP contribution in [0.2, 0.25) is 0 Å². The smallest absolute Gasteiger partial charge is 0.408 e. The highest BCUT2D eigenvalue weighted by molar-refractivity contribution is 5.73. The van der Waals surface area contributed by atoms with E-state index in [-0.39, 0.29) is 17.2 Å². The van der Waals surface area contributed by atoms with Crippen LogP contribution >= 0.6 is 0 Å². The lowest BCUT2D eigenvalue weighted by Gasteiger charge is -2.23. The molecule has 0 saturated carbocycles. The molecule has 4 heteroatoms. The van der Waals surface area contributed by atoms with E-state index < -0.39 is 0 Å². The number of aromatic nitrogens is 1. The lowest BCUT2D eigenvalue weighted by atomic mass is 9.86. The molecule has 19 heavy (non-hydrogen) atoms. The van der Waals surface area contributed by atoms with Crippen LogP contribution in [0.1, 0.15) is 45.7 Å². The molecule has 1 unspecified atom stereocenters. The first-order valence-corrected chi connectivity index (χ1v) is 6.70. The van der Waals surface area contributed by atoms with Crippen LogP contribution in [-0.4, -0.2) is 4.57 Å². The van der Waals surface area contributed by atoms with E-state index in [9.17, 15) is 4.79 Å². The van der Waals surface area contributed by atoms with Gasteiger partial charge >= 0.3 is 5.76 Å². The first kappa shape index (κ1) is 13.9. The van der Waals surface area contributed by atoms with Crippen LogP contribution < -0.4 is 11.5 Å². The predicted molar refractivity (Wildman–Crippen MR) is 77.1 cm³/mol. The molecule has 1 aromatic heterocycles. The molecular weight excluding hydrogens is 240 g/mol. The highest BCUT2D eigenvalue weighted by Crippen LogP contribution is 2.29. The molecule has 4 nitrogen and oxygen atoms in total. The van der Waals surface area contributed by atoms with Gasteiger partial charge in [0.1, 0.15) is 0 Å². The van der Waals surface area contributed by atoms with Crippen molar-refractivity contribution in [3.63, 3.8) is 0 Å². The van der Waals surface area contributed by atoms with Crippen molar-refractivity contribution in [2.24, 2.45) is 11.1 Å². The number of aryl methyl sites for hydroxylation is 1. The van der Waals surface area contributed by atoms with E-state index in [2.05, 4.69) is 20.8 Å². The minimum absolute atomic E-state index is 0.0420. The van der Waals surface area contributed by atoms with Crippen LogP contribution in [0.3, 0.4) is 0 Å². The van der Waals surface area contributed by atoms with E-state index in [1.165, 1.54) is 0 Å². The van der Waals surface area contributed by atoms with E-state index in [1.807, 2.05) is 25.1 Å². The van der Waals surface area contributed by atoms with E-state index >= 15 is 0 Å². The Balaban J connectivity index is 2.40. The molecule has 2 rings (SSSR count). The number of hydrogen-bond acceptors (Lipinski definition) is 3. The van der Waals surface area contributed by atoms with Crippen LogP contribution in [0.5, 0.6) is 0 Å². The van der Waals surface area contributed by atoms with Crippen LogP contribution in [0.15, 0.2) is 27.4 Å². The molecule has 2 aromatic rings. The molecule has 0 aliphatic rings. The van der Waals surface area contributed by atoms with E-state index in [0.717, 1.165) is 17.5 Å². The van der Waals surface area contributed by atoms with Gasteiger partial charge in [0.25, 0.3) is 0 Å². The van der Waals surface area contributed by atoms with Crippen molar-refractivity contribution in [2.45, 2.75) is 46.7 Å². The number of rotatable bonds is 3. The molecule has 104 valence electrons. The minimum atomic E-state index is -0.306. The maximum absolute atomic E-state index is 11.6. The van der Waals surface area contributed by atoms with Crippen molar-refractivity contribution in [3.8, 4) is 0 Å². The Bertz CT molecular complexity index is 632. The second-order valence-corrected chi connectivity index (χ2v) is 6.21. The highest BCUT2D eigenvalue weighted by atomic mass is 16.4. The largest absolute Gasteiger partial charge is 0.419 e. The van der Waals surface area contributed by atoms with Crippen LogP contribution in [0.4, 0.5) is 0 Å². The summed E-state index contributed by atoms with van der Waals surface area (Å²) >= 11 is 0. The Morgan fingerprint density at radius 1 is 1.37 bits per heavy atom. The Labute approximate surface area is 113 Å².